The monoisotopic (exact) mass is 372 g/mol. The molecule has 4 nitrogen and oxygen atoms in total. The van der Waals surface area contributed by atoms with E-state index in [4.69, 9.17) is 0 Å². The lowest BCUT2D eigenvalue weighted by atomic mass is 9.88. The molecule has 5 heteroatoms. The maximum absolute atomic E-state index is 12.9. The minimum absolute atomic E-state index is 0.119. The molecule has 0 N–H and O–H groups in total. The Morgan fingerprint density at radius 3 is 2.42 bits per heavy atom. The molecule has 1 aromatic carbocycles. The summed E-state index contributed by atoms with van der Waals surface area (Å²) in [5.41, 5.74) is 2.12. The summed E-state index contributed by atoms with van der Waals surface area (Å²) < 4.78 is 0. The second-order valence-electron chi connectivity index (χ2n) is 7.73. The molecule has 2 fully saturated rings. The minimum atomic E-state index is 0.119. The topological polar surface area (TPSA) is 40.6 Å². The van der Waals surface area contributed by atoms with Gasteiger partial charge in [-0.2, -0.15) is 0 Å². The number of piperazine rings is 1. The van der Waals surface area contributed by atoms with Crippen molar-refractivity contribution in [2.75, 3.05) is 31.9 Å². The van der Waals surface area contributed by atoms with E-state index in [1.54, 1.807) is 0 Å². The van der Waals surface area contributed by atoms with Crippen LogP contribution < -0.4 is 0 Å². The Bertz CT molecular complexity index is 677. The molecule has 1 aromatic rings. The van der Waals surface area contributed by atoms with Crippen LogP contribution in [0.3, 0.4) is 0 Å². The van der Waals surface area contributed by atoms with E-state index in [1.807, 2.05) is 27.6 Å². The molecule has 26 heavy (non-hydrogen) atoms. The van der Waals surface area contributed by atoms with E-state index in [-0.39, 0.29) is 11.8 Å². The quantitative estimate of drug-likeness (QED) is 0.797. The maximum Gasteiger partial charge on any atom is 0.253 e. The minimum Gasteiger partial charge on any atom is -0.339 e. The van der Waals surface area contributed by atoms with Gasteiger partial charge in [0.05, 0.1) is 0 Å². The van der Waals surface area contributed by atoms with Crippen molar-refractivity contribution in [1.29, 1.82) is 0 Å². The van der Waals surface area contributed by atoms with Crippen LogP contribution in [0.1, 0.15) is 54.4 Å². The van der Waals surface area contributed by atoms with Crippen LogP contribution in [0.25, 0.3) is 0 Å². The first-order valence-electron chi connectivity index (χ1n) is 10.1. The number of fused-ring (bicyclic) bond motifs is 1. The average Bonchev–Trinajstić information content (AvgIpc) is 2.73. The van der Waals surface area contributed by atoms with Gasteiger partial charge in [-0.3, -0.25) is 9.59 Å². The van der Waals surface area contributed by atoms with E-state index in [1.165, 1.54) is 41.9 Å². The highest BCUT2D eigenvalue weighted by Crippen LogP contribution is 2.31. The molecule has 1 saturated heterocycles. The molecule has 2 amide bonds. The van der Waals surface area contributed by atoms with Gasteiger partial charge in [-0.15, -0.1) is 11.8 Å². The van der Waals surface area contributed by atoms with Gasteiger partial charge in [0, 0.05) is 42.6 Å². The van der Waals surface area contributed by atoms with Gasteiger partial charge in [0.25, 0.3) is 5.91 Å². The molecule has 140 valence electrons. The lowest BCUT2D eigenvalue weighted by Crippen LogP contribution is -2.52. The number of hydrogen-bond acceptors (Lipinski definition) is 3. The number of nitrogens with zero attached hydrogens (tertiary/aromatic N) is 2. The van der Waals surface area contributed by atoms with E-state index in [9.17, 15) is 9.59 Å². The van der Waals surface area contributed by atoms with E-state index in [0.29, 0.717) is 32.1 Å². The van der Waals surface area contributed by atoms with Crippen molar-refractivity contribution in [3.8, 4) is 0 Å². The normalized spacial score (nSPS) is 21.4. The largest absolute Gasteiger partial charge is 0.339 e. The summed E-state index contributed by atoms with van der Waals surface area (Å²) >= 11 is 1.89. The number of amides is 2. The molecule has 0 unspecified atom stereocenters. The smallest absolute Gasteiger partial charge is 0.253 e. The second kappa shape index (κ2) is 8.03. The standard InChI is InChI=1S/C21H28N2O2S/c24-20(16-5-2-1-3-6-16)22-10-12-23(13-11-22)21(25)18-8-9-19-17(15-18)7-4-14-26-19/h8-9,15-16H,1-7,10-14H2. The number of carbonyl (C=O) groups is 2. The molecule has 1 saturated carbocycles. The fraction of sp³-hybridized carbons (Fsp3) is 0.619. The molecule has 2 aliphatic heterocycles. The third-order valence-corrected chi connectivity index (χ3v) is 7.19. The van der Waals surface area contributed by atoms with Gasteiger partial charge in [0.1, 0.15) is 0 Å². The second-order valence-corrected chi connectivity index (χ2v) is 8.86. The first kappa shape index (κ1) is 17.9. The number of thioether (sulfide) groups is 1. The first-order valence-corrected chi connectivity index (χ1v) is 11.0. The molecule has 0 radical (unpaired) electrons. The number of aryl methyl sites for hydroxylation is 1. The van der Waals surface area contributed by atoms with E-state index < -0.39 is 0 Å². The number of carbonyl (C=O) groups excluding carboxylic acids is 2. The Labute approximate surface area is 160 Å². The Balaban J connectivity index is 1.35. The average molecular weight is 373 g/mol. The number of hydrogen-bond donors (Lipinski definition) is 0. The summed E-state index contributed by atoms with van der Waals surface area (Å²) in [4.78, 5) is 30.8. The number of rotatable bonds is 2. The van der Waals surface area contributed by atoms with Crippen molar-refractivity contribution >= 4 is 23.6 Å². The van der Waals surface area contributed by atoms with Crippen molar-refractivity contribution in [2.45, 2.75) is 49.8 Å². The highest BCUT2D eigenvalue weighted by Gasteiger charge is 2.30. The molecule has 0 spiro atoms. The van der Waals surface area contributed by atoms with E-state index in [0.717, 1.165) is 24.8 Å². The lowest BCUT2D eigenvalue weighted by Gasteiger charge is -2.37. The Hall–Kier alpha value is -1.49. The van der Waals surface area contributed by atoms with Crippen LogP contribution in [0.4, 0.5) is 0 Å². The summed E-state index contributed by atoms with van der Waals surface area (Å²) in [5, 5.41) is 0. The summed E-state index contributed by atoms with van der Waals surface area (Å²) in [6.07, 6.45) is 8.00. The van der Waals surface area contributed by atoms with Crippen molar-refractivity contribution < 1.29 is 9.59 Å². The summed E-state index contributed by atoms with van der Waals surface area (Å²) in [6.45, 7) is 2.68. The molecular formula is C21H28N2O2S. The molecule has 0 bridgehead atoms. The lowest BCUT2D eigenvalue weighted by molar-refractivity contribution is -0.138. The summed E-state index contributed by atoms with van der Waals surface area (Å²) in [7, 11) is 0. The fourth-order valence-corrected chi connectivity index (χ4v) is 5.43. The maximum atomic E-state index is 12.9. The van der Waals surface area contributed by atoms with Crippen LogP contribution in [0, 0.1) is 5.92 Å². The van der Waals surface area contributed by atoms with Crippen LogP contribution >= 0.6 is 11.8 Å². The van der Waals surface area contributed by atoms with Gasteiger partial charge in [-0.25, -0.2) is 0 Å². The van der Waals surface area contributed by atoms with Gasteiger partial charge in [-0.05, 0) is 55.2 Å². The van der Waals surface area contributed by atoms with Crippen LogP contribution in [0.5, 0.6) is 0 Å². The summed E-state index contributed by atoms with van der Waals surface area (Å²) in [5.74, 6) is 1.84. The third-order valence-electron chi connectivity index (χ3n) is 5.99. The van der Waals surface area contributed by atoms with Crippen LogP contribution in [-0.4, -0.2) is 53.5 Å². The van der Waals surface area contributed by atoms with Gasteiger partial charge in [0.2, 0.25) is 5.91 Å². The van der Waals surface area contributed by atoms with Gasteiger partial charge in [-0.1, -0.05) is 19.3 Å². The van der Waals surface area contributed by atoms with Crippen LogP contribution in [-0.2, 0) is 11.2 Å². The van der Waals surface area contributed by atoms with Crippen LogP contribution in [0.2, 0.25) is 0 Å². The zero-order valence-corrected chi connectivity index (χ0v) is 16.2. The van der Waals surface area contributed by atoms with Crippen LogP contribution in [0.15, 0.2) is 23.1 Å². The van der Waals surface area contributed by atoms with Crippen molar-refractivity contribution in [3.05, 3.63) is 29.3 Å². The zero-order chi connectivity index (χ0) is 17.9. The molecule has 1 aliphatic carbocycles. The van der Waals surface area contributed by atoms with Crippen molar-refractivity contribution in [2.24, 2.45) is 5.92 Å². The fourth-order valence-electron chi connectivity index (χ4n) is 4.41. The first-order chi connectivity index (χ1) is 12.7. The Kier molecular flexibility index (Phi) is 5.53. The molecule has 2 heterocycles. The Morgan fingerprint density at radius 2 is 1.65 bits per heavy atom. The predicted molar refractivity (Wildman–Crippen MR) is 105 cm³/mol. The SMILES string of the molecule is O=C(c1ccc2c(c1)CCCS2)N1CCN(C(=O)C2CCCCC2)CC1. The van der Waals surface area contributed by atoms with Gasteiger partial charge < -0.3 is 9.80 Å². The van der Waals surface area contributed by atoms with Crippen molar-refractivity contribution in [1.82, 2.24) is 9.80 Å². The molecule has 3 aliphatic rings. The van der Waals surface area contributed by atoms with E-state index in [2.05, 4.69) is 12.1 Å². The third kappa shape index (κ3) is 3.78. The van der Waals surface area contributed by atoms with Crippen molar-refractivity contribution in [3.63, 3.8) is 0 Å². The highest BCUT2D eigenvalue weighted by molar-refractivity contribution is 7.99. The highest BCUT2D eigenvalue weighted by atomic mass is 32.2. The van der Waals surface area contributed by atoms with Gasteiger partial charge >= 0.3 is 0 Å². The summed E-state index contributed by atoms with van der Waals surface area (Å²) in [6, 6.07) is 6.16. The molecule has 0 aromatic heterocycles. The molecule has 4 rings (SSSR count). The molecule has 0 atom stereocenters. The Morgan fingerprint density at radius 1 is 0.923 bits per heavy atom. The van der Waals surface area contributed by atoms with Gasteiger partial charge in [0.15, 0.2) is 0 Å². The predicted octanol–water partition coefficient (Wildman–Crippen LogP) is 3.59. The number of benzene rings is 1. The van der Waals surface area contributed by atoms with E-state index >= 15 is 0 Å². The molecular weight excluding hydrogens is 344 g/mol. The zero-order valence-electron chi connectivity index (χ0n) is 15.4.